The van der Waals surface area contributed by atoms with E-state index in [0.717, 1.165) is 42.8 Å². The minimum Gasteiger partial charge on any atom is -0.347 e. The van der Waals surface area contributed by atoms with Crippen LogP contribution in [-0.4, -0.2) is 12.6 Å². The number of hydrogen-bond donors (Lipinski definition) is 1. The SMILES string of the molecule is C=C(N(C)c1cc(C/C(C)=C/C=C/C[C@](C)(N)CCC)cc(CC)c1Cl)C1(C)CC1C(C)C. The highest BCUT2D eigenvalue weighted by Gasteiger charge is 2.54. The molecule has 2 nitrogen and oxygen atoms in total. The molecule has 0 bridgehead atoms. The average Bonchev–Trinajstić information content (AvgIpc) is 3.44. The molecule has 3 atom stereocenters. The van der Waals surface area contributed by atoms with E-state index in [4.69, 9.17) is 17.3 Å². The first-order valence-corrected chi connectivity index (χ1v) is 13.1. The van der Waals surface area contributed by atoms with Crippen LogP contribution in [-0.2, 0) is 12.8 Å². The van der Waals surface area contributed by atoms with E-state index < -0.39 is 0 Å². The number of rotatable bonds is 12. The Morgan fingerprint density at radius 2 is 2.03 bits per heavy atom. The van der Waals surface area contributed by atoms with Crippen LogP contribution in [0.4, 0.5) is 5.69 Å². The largest absolute Gasteiger partial charge is 0.347 e. The quantitative estimate of drug-likeness (QED) is 0.310. The van der Waals surface area contributed by atoms with Gasteiger partial charge in [-0.2, -0.15) is 0 Å². The second-order valence-corrected chi connectivity index (χ2v) is 11.5. The van der Waals surface area contributed by atoms with Gasteiger partial charge in [-0.25, -0.2) is 0 Å². The molecule has 0 saturated heterocycles. The summed E-state index contributed by atoms with van der Waals surface area (Å²) in [5.74, 6) is 1.37. The molecule has 1 aromatic carbocycles. The highest BCUT2D eigenvalue weighted by molar-refractivity contribution is 6.34. The van der Waals surface area contributed by atoms with E-state index in [-0.39, 0.29) is 11.0 Å². The van der Waals surface area contributed by atoms with E-state index in [0.29, 0.717) is 11.8 Å². The van der Waals surface area contributed by atoms with Crippen molar-refractivity contribution in [2.45, 2.75) is 92.5 Å². The van der Waals surface area contributed by atoms with Crippen molar-refractivity contribution in [3.8, 4) is 0 Å². The van der Waals surface area contributed by atoms with E-state index in [9.17, 15) is 0 Å². The van der Waals surface area contributed by atoms with Crippen LogP contribution >= 0.6 is 11.6 Å². The van der Waals surface area contributed by atoms with Crippen LogP contribution in [0.1, 0.15) is 85.3 Å². The van der Waals surface area contributed by atoms with Gasteiger partial charge >= 0.3 is 0 Å². The molecule has 1 aliphatic carbocycles. The van der Waals surface area contributed by atoms with Crippen molar-refractivity contribution in [2.75, 3.05) is 11.9 Å². The molecule has 1 fully saturated rings. The predicted octanol–water partition coefficient (Wildman–Crippen LogP) is 8.49. The molecule has 2 rings (SSSR count). The maximum Gasteiger partial charge on any atom is 0.0674 e. The van der Waals surface area contributed by atoms with Crippen molar-refractivity contribution in [2.24, 2.45) is 23.0 Å². The first-order chi connectivity index (χ1) is 15.4. The summed E-state index contributed by atoms with van der Waals surface area (Å²) in [4.78, 5) is 2.24. The third-order valence-corrected chi connectivity index (χ3v) is 7.94. The molecule has 1 aliphatic rings. The molecule has 1 aromatic rings. The maximum absolute atomic E-state index is 6.88. The second-order valence-electron chi connectivity index (χ2n) is 11.1. The first kappa shape index (κ1) is 27.7. The van der Waals surface area contributed by atoms with E-state index in [1.165, 1.54) is 28.8 Å². The molecule has 0 spiro atoms. The van der Waals surface area contributed by atoms with Gasteiger partial charge in [0.2, 0.25) is 0 Å². The predicted molar refractivity (Wildman–Crippen MR) is 148 cm³/mol. The van der Waals surface area contributed by atoms with Crippen LogP contribution in [0, 0.1) is 17.3 Å². The number of nitrogens with zero attached hydrogens (tertiary/aromatic N) is 1. The number of nitrogens with two attached hydrogens (primary N) is 1. The van der Waals surface area contributed by atoms with Gasteiger partial charge < -0.3 is 10.6 Å². The molecular formula is C30H47ClN2. The Bertz CT molecular complexity index is 893. The molecular weight excluding hydrogens is 424 g/mol. The summed E-state index contributed by atoms with van der Waals surface area (Å²) in [6.45, 7) is 20.2. The molecule has 1 saturated carbocycles. The summed E-state index contributed by atoms with van der Waals surface area (Å²) < 4.78 is 0. The Labute approximate surface area is 209 Å². The van der Waals surface area contributed by atoms with Crippen LogP contribution in [0.3, 0.4) is 0 Å². The second kappa shape index (κ2) is 11.3. The molecule has 0 radical (unpaired) electrons. The highest BCUT2D eigenvalue weighted by atomic mass is 35.5. The van der Waals surface area contributed by atoms with Crippen molar-refractivity contribution >= 4 is 17.3 Å². The topological polar surface area (TPSA) is 29.3 Å². The molecule has 3 heteroatoms. The Morgan fingerprint density at radius 3 is 2.58 bits per heavy atom. The van der Waals surface area contributed by atoms with Crippen LogP contribution in [0.2, 0.25) is 5.02 Å². The Kier molecular flexibility index (Phi) is 9.48. The van der Waals surface area contributed by atoms with E-state index in [2.05, 4.69) is 97.4 Å². The summed E-state index contributed by atoms with van der Waals surface area (Å²) in [6.07, 6.45) is 12.7. The first-order valence-electron chi connectivity index (χ1n) is 12.7. The summed E-state index contributed by atoms with van der Waals surface area (Å²) in [7, 11) is 2.12. The fourth-order valence-electron chi connectivity index (χ4n) is 5.19. The van der Waals surface area contributed by atoms with Crippen molar-refractivity contribution in [3.63, 3.8) is 0 Å². The van der Waals surface area contributed by atoms with Crippen molar-refractivity contribution in [3.05, 3.63) is 64.4 Å². The number of halogens is 1. The lowest BCUT2D eigenvalue weighted by atomic mass is 9.93. The Balaban J connectivity index is 2.19. The number of benzene rings is 1. The van der Waals surface area contributed by atoms with Crippen LogP contribution in [0.15, 0.2) is 48.2 Å². The maximum atomic E-state index is 6.88. The number of anilines is 1. The van der Waals surface area contributed by atoms with Crippen LogP contribution < -0.4 is 10.6 Å². The highest BCUT2D eigenvalue weighted by Crippen LogP contribution is 2.61. The third kappa shape index (κ3) is 6.99. The summed E-state index contributed by atoms with van der Waals surface area (Å²) in [6, 6.07) is 4.51. The standard InChI is InChI=1S/C30H47ClN2/c1-10-15-29(7,32)16-13-12-14-22(5)17-24-18-25(11-2)28(31)27(19-24)33(9)23(6)30(8)20-26(30)21(3)4/h12-14,18-19,21,26H,6,10-11,15-17,20,32H2,1-5,7-9H3/b13-12+,22-14+/t26?,29-,30?/m1/s1. The normalized spacial score (nSPS) is 22.6. The lowest BCUT2D eigenvalue weighted by Gasteiger charge is -2.30. The molecule has 0 heterocycles. The van der Waals surface area contributed by atoms with Crippen molar-refractivity contribution in [1.82, 2.24) is 0 Å². The lowest BCUT2D eigenvalue weighted by Crippen LogP contribution is -2.34. The Hall–Kier alpha value is -1.51. The van der Waals surface area contributed by atoms with Gasteiger partial charge in [0.15, 0.2) is 0 Å². The zero-order chi connectivity index (χ0) is 25.0. The number of aryl methyl sites for hydroxylation is 1. The summed E-state index contributed by atoms with van der Waals surface area (Å²) >= 11 is 6.88. The average molecular weight is 471 g/mol. The minimum absolute atomic E-state index is 0.117. The third-order valence-electron chi connectivity index (χ3n) is 7.51. The fraction of sp³-hybridized carbons (Fsp3) is 0.600. The van der Waals surface area contributed by atoms with Crippen LogP contribution in [0.25, 0.3) is 0 Å². The number of allylic oxidation sites excluding steroid dienone is 4. The van der Waals surface area contributed by atoms with E-state index in [1.807, 2.05) is 0 Å². The summed E-state index contributed by atoms with van der Waals surface area (Å²) in [5, 5.41) is 0.856. The molecule has 0 amide bonds. The van der Waals surface area contributed by atoms with Gasteiger partial charge in [-0.05, 0) is 75.0 Å². The number of hydrogen-bond acceptors (Lipinski definition) is 2. The van der Waals surface area contributed by atoms with Crippen LogP contribution in [0.5, 0.6) is 0 Å². The van der Waals surface area contributed by atoms with Gasteiger partial charge in [-0.1, -0.05) is 89.1 Å². The molecule has 184 valence electrons. The zero-order valence-electron chi connectivity index (χ0n) is 22.4. The van der Waals surface area contributed by atoms with Gasteiger partial charge in [0, 0.05) is 23.7 Å². The molecule has 0 aromatic heterocycles. The zero-order valence-corrected chi connectivity index (χ0v) is 23.1. The van der Waals surface area contributed by atoms with Crippen molar-refractivity contribution in [1.29, 1.82) is 0 Å². The lowest BCUT2D eigenvalue weighted by molar-refractivity contribution is 0.432. The van der Waals surface area contributed by atoms with Gasteiger partial charge in [0.05, 0.1) is 10.7 Å². The summed E-state index contributed by atoms with van der Waals surface area (Å²) in [5.41, 5.74) is 12.5. The molecule has 0 aliphatic heterocycles. The fourth-order valence-corrected chi connectivity index (χ4v) is 5.56. The van der Waals surface area contributed by atoms with E-state index in [1.54, 1.807) is 0 Å². The molecule has 33 heavy (non-hydrogen) atoms. The van der Waals surface area contributed by atoms with Gasteiger partial charge in [-0.3, -0.25) is 0 Å². The van der Waals surface area contributed by atoms with Gasteiger partial charge in [-0.15, -0.1) is 0 Å². The molecule has 2 N–H and O–H groups in total. The molecule has 2 unspecified atom stereocenters. The van der Waals surface area contributed by atoms with E-state index >= 15 is 0 Å². The van der Waals surface area contributed by atoms with Gasteiger partial charge in [0.1, 0.15) is 0 Å². The van der Waals surface area contributed by atoms with Gasteiger partial charge in [0.25, 0.3) is 0 Å². The smallest absolute Gasteiger partial charge is 0.0674 e. The van der Waals surface area contributed by atoms with Crippen molar-refractivity contribution < 1.29 is 0 Å². The minimum atomic E-state index is -0.117. The Morgan fingerprint density at radius 1 is 1.36 bits per heavy atom. The monoisotopic (exact) mass is 470 g/mol.